The summed E-state index contributed by atoms with van der Waals surface area (Å²) in [4.78, 5) is 11.5. The second kappa shape index (κ2) is 6.99. The molecule has 0 heterocycles. The van der Waals surface area contributed by atoms with Gasteiger partial charge in [0.2, 0.25) is 0 Å². The van der Waals surface area contributed by atoms with Crippen molar-refractivity contribution in [2.24, 2.45) is 5.41 Å². The highest BCUT2D eigenvalue weighted by Crippen LogP contribution is 2.19. The summed E-state index contributed by atoms with van der Waals surface area (Å²) in [5.74, 6) is 0.189. The highest BCUT2D eigenvalue weighted by atomic mass is 19.4. The van der Waals surface area contributed by atoms with E-state index in [0.29, 0.717) is 19.3 Å². The number of unbranched alkanes of at least 4 members (excludes halogenated alkanes) is 2. The standard InChI is InChI=1S/C12H21F3O2/c1-11(2,3)10(16)7-5-4-6-8-17-9-12(13,14)15/h4-9H2,1-3H3. The maximum Gasteiger partial charge on any atom is 0.411 e. The van der Waals surface area contributed by atoms with Crippen LogP contribution in [0.1, 0.15) is 46.5 Å². The van der Waals surface area contributed by atoms with Crippen LogP contribution < -0.4 is 0 Å². The minimum absolute atomic E-state index is 0.100. The Morgan fingerprint density at radius 1 is 1.06 bits per heavy atom. The van der Waals surface area contributed by atoms with Crippen LogP contribution in [0.4, 0.5) is 13.2 Å². The number of carbonyl (C=O) groups excluding carboxylic acids is 1. The van der Waals surface area contributed by atoms with E-state index in [9.17, 15) is 18.0 Å². The van der Waals surface area contributed by atoms with Crippen LogP contribution in [-0.4, -0.2) is 25.2 Å². The molecule has 0 aromatic carbocycles. The summed E-state index contributed by atoms with van der Waals surface area (Å²) < 4.78 is 39.6. The van der Waals surface area contributed by atoms with E-state index in [1.807, 2.05) is 20.8 Å². The van der Waals surface area contributed by atoms with Gasteiger partial charge < -0.3 is 4.74 Å². The van der Waals surface area contributed by atoms with Crippen LogP contribution in [0.15, 0.2) is 0 Å². The number of ketones is 1. The molecule has 0 unspecified atom stereocenters. The van der Waals surface area contributed by atoms with Gasteiger partial charge in [-0.1, -0.05) is 27.2 Å². The molecular formula is C12H21F3O2. The fourth-order valence-electron chi connectivity index (χ4n) is 1.23. The zero-order chi connectivity index (χ0) is 13.5. The summed E-state index contributed by atoms with van der Waals surface area (Å²) in [5.41, 5.74) is -0.327. The largest absolute Gasteiger partial charge is 0.411 e. The van der Waals surface area contributed by atoms with Crippen molar-refractivity contribution in [2.75, 3.05) is 13.2 Å². The first-order valence-electron chi connectivity index (χ1n) is 5.81. The van der Waals surface area contributed by atoms with E-state index in [-0.39, 0.29) is 17.8 Å². The molecule has 0 aliphatic rings. The predicted molar refractivity (Wildman–Crippen MR) is 59.8 cm³/mol. The molecule has 102 valence electrons. The number of Topliss-reactive ketones (excluding diaryl/α,β-unsaturated/α-hetero) is 1. The number of hydrogen-bond donors (Lipinski definition) is 0. The first-order valence-corrected chi connectivity index (χ1v) is 5.81. The molecule has 0 bridgehead atoms. The quantitative estimate of drug-likeness (QED) is 0.647. The third-order valence-corrected chi connectivity index (χ3v) is 2.29. The molecule has 0 saturated heterocycles. The van der Waals surface area contributed by atoms with Crippen LogP contribution in [0.25, 0.3) is 0 Å². The van der Waals surface area contributed by atoms with Crippen LogP contribution >= 0.6 is 0 Å². The van der Waals surface area contributed by atoms with Gasteiger partial charge in [-0.25, -0.2) is 0 Å². The molecule has 0 rings (SSSR count). The molecule has 0 N–H and O–H groups in total. The topological polar surface area (TPSA) is 26.3 Å². The van der Waals surface area contributed by atoms with E-state index >= 15 is 0 Å². The predicted octanol–water partition coefficient (Wildman–Crippen LogP) is 3.74. The smallest absolute Gasteiger partial charge is 0.372 e. The molecular weight excluding hydrogens is 233 g/mol. The molecule has 0 aliphatic heterocycles. The van der Waals surface area contributed by atoms with Gasteiger partial charge in [-0.15, -0.1) is 0 Å². The van der Waals surface area contributed by atoms with Gasteiger partial charge >= 0.3 is 6.18 Å². The molecule has 0 fully saturated rings. The Balaban J connectivity index is 3.39. The zero-order valence-corrected chi connectivity index (χ0v) is 10.7. The third-order valence-electron chi connectivity index (χ3n) is 2.29. The Kier molecular flexibility index (Phi) is 6.75. The van der Waals surface area contributed by atoms with E-state index in [4.69, 9.17) is 0 Å². The van der Waals surface area contributed by atoms with Crippen molar-refractivity contribution >= 4 is 5.78 Å². The summed E-state index contributed by atoms with van der Waals surface area (Å²) in [5, 5.41) is 0. The number of alkyl halides is 3. The monoisotopic (exact) mass is 254 g/mol. The lowest BCUT2D eigenvalue weighted by molar-refractivity contribution is -0.174. The number of ether oxygens (including phenoxy) is 1. The lowest BCUT2D eigenvalue weighted by Gasteiger charge is -2.16. The molecule has 0 saturated carbocycles. The summed E-state index contributed by atoms with van der Waals surface area (Å²) in [6, 6.07) is 0. The van der Waals surface area contributed by atoms with E-state index in [2.05, 4.69) is 4.74 Å². The lowest BCUT2D eigenvalue weighted by atomic mass is 9.88. The van der Waals surface area contributed by atoms with Crippen molar-refractivity contribution in [2.45, 2.75) is 52.6 Å². The molecule has 0 aliphatic carbocycles. The van der Waals surface area contributed by atoms with E-state index in [1.54, 1.807) is 0 Å². The summed E-state index contributed by atoms with van der Waals surface area (Å²) in [6.45, 7) is 4.50. The Bertz CT molecular complexity index is 229. The van der Waals surface area contributed by atoms with Gasteiger partial charge in [-0.05, 0) is 12.8 Å². The number of rotatable bonds is 7. The van der Waals surface area contributed by atoms with Crippen LogP contribution in [0.2, 0.25) is 0 Å². The summed E-state index contributed by atoms with van der Waals surface area (Å²) in [6.07, 6.45) is -1.76. The summed E-state index contributed by atoms with van der Waals surface area (Å²) in [7, 11) is 0. The van der Waals surface area contributed by atoms with Crippen LogP contribution in [-0.2, 0) is 9.53 Å². The molecule has 5 heteroatoms. The first kappa shape index (κ1) is 16.4. The Labute approximate surface area is 101 Å². The van der Waals surface area contributed by atoms with Crippen molar-refractivity contribution < 1.29 is 22.7 Å². The maximum absolute atomic E-state index is 11.7. The van der Waals surface area contributed by atoms with Crippen molar-refractivity contribution in [3.63, 3.8) is 0 Å². The lowest BCUT2D eigenvalue weighted by Crippen LogP contribution is -2.19. The van der Waals surface area contributed by atoms with Gasteiger partial charge in [-0.2, -0.15) is 13.2 Å². The number of carbonyl (C=O) groups is 1. The summed E-state index contributed by atoms with van der Waals surface area (Å²) >= 11 is 0. The SMILES string of the molecule is CC(C)(C)C(=O)CCCCCOCC(F)(F)F. The molecule has 0 atom stereocenters. The fourth-order valence-corrected chi connectivity index (χ4v) is 1.23. The van der Waals surface area contributed by atoms with Gasteiger partial charge in [-0.3, -0.25) is 4.79 Å². The zero-order valence-electron chi connectivity index (χ0n) is 10.7. The van der Waals surface area contributed by atoms with Gasteiger partial charge in [0.1, 0.15) is 12.4 Å². The van der Waals surface area contributed by atoms with Gasteiger partial charge in [0, 0.05) is 18.4 Å². The van der Waals surface area contributed by atoms with Crippen LogP contribution in [0, 0.1) is 5.41 Å². The number of halogens is 3. The Morgan fingerprint density at radius 3 is 2.12 bits per heavy atom. The molecule has 0 aromatic heterocycles. The van der Waals surface area contributed by atoms with Gasteiger partial charge in [0.05, 0.1) is 0 Å². The Morgan fingerprint density at radius 2 is 1.65 bits per heavy atom. The normalized spacial score (nSPS) is 12.8. The number of hydrogen-bond acceptors (Lipinski definition) is 2. The third kappa shape index (κ3) is 10.3. The average molecular weight is 254 g/mol. The van der Waals surface area contributed by atoms with Crippen molar-refractivity contribution in [1.29, 1.82) is 0 Å². The molecule has 2 nitrogen and oxygen atoms in total. The molecule has 0 amide bonds. The van der Waals surface area contributed by atoms with Gasteiger partial charge in [0.25, 0.3) is 0 Å². The van der Waals surface area contributed by atoms with Crippen molar-refractivity contribution in [3.05, 3.63) is 0 Å². The second-order valence-electron chi connectivity index (χ2n) is 5.15. The van der Waals surface area contributed by atoms with Crippen LogP contribution in [0.3, 0.4) is 0 Å². The minimum Gasteiger partial charge on any atom is -0.372 e. The van der Waals surface area contributed by atoms with E-state index in [1.165, 1.54) is 0 Å². The Hall–Kier alpha value is -0.580. The molecule has 0 aromatic rings. The molecule has 0 spiro atoms. The second-order valence-corrected chi connectivity index (χ2v) is 5.15. The minimum atomic E-state index is -4.25. The van der Waals surface area contributed by atoms with E-state index in [0.717, 1.165) is 6.42 Å². The van der Waals surface area contributed by atoms with Gasteiger partial charge in [0.15, 0.2) is 0 Å². The maximum atomic E-state index is 11.7. The van der Waals surface area contributed by atoms with Crippen molar-refractivity contribution in [1.82, 2.24) is 0 Å². The first-order chi connectivity index (χ1) is 7.63. The van der Waals surface area contributed by atoms with Crippen LogP contribution in [0.5, 0.6) is 0 Å². The average Bonchev–Trinajstić information content (AvgIpc) is 2.12. The molecule has 17 heavy (non-hydrogen) atoms. The highest BCUT2D eigenvalue weighted by Gasteiger charge is 2.27. The highest BCUT2D eigenvalue weighted by molar-refractivity contribution is 5.83. The molecule has 0 radical (unpaired) electrons. The van der Waals surface area contributed by atoms with E-state index < -0.39 is 12.8 Å². The fraction of sp³-hybridized carbons (Fsp3) is 0.917. The van der Waals surface area contributed by atoms with Crippen molar-refractivity contribution in [3.8, 4) is 0 Å².